The van der Waals surface area contributed by atoms with Gasteiger partial charge in [-0.05, 0) is 37.1 Å². The van der Waals surface area contributed by atoms with Crippen molar-refractivity contribution in [2.45, 2.75) is 25.7 Å². The van der Waals surface area contributed by atoms with Crippen LogP contribution in [0.4, 0.5) is 5.69 Å². The third-order valence-corrected chi connectivity index (χ3v) is 5.45. The zero-order valence-electron chi connectivity index (χ0n) is 15.6. The largest absolute Gasteiger partial charge is 0.496 e. The third kappa shape index (κ3) is 3.15. The number of fused-ring (bicyclic) bond motifs is 1. The molecule has 2 atom stereocenters. The highest BCUT2D eigenvalue weighted by atomic mass is 16.5. The lowest BCUT2D eigenvalue weighted by Gasteiger charge is -2.19. The number of carbonyl (C=O) groups is 3. The highest BCUT2D eigenvalue weighted by Gasteiger charge is 2.48. The summed E-state index contributed by atoms with van der Waals surface area (Å²) in [6.07, 6.45) is 3.47. The molecule has 144 valence electrons. The summed E-state index contributed by atoms with van der Waals surface area (Å²) < 4.78 is 10.7. The number of hydrogen-bond acceptors (Lipinski definition) is 5. The van der Waals surface area contributed by atoms with Gasteiger partial charge in [0.25, 0.3) is 0 Å². The van der Waals surface area contributed by atoms with Crippen molar-refractivity contribution in [1.82, 2.24) is 0 Å². The first-order chi connectivity index (χ1) is 13.6. The molecule has 1 aliphatic carbocycles. The van der Waals surface area contributed by atoms with Crippen LogP contribution < -0.4 is 14.4 Å². The van der Waals surface area contributed by atoms with Crippen molar-refractivity contribution >= 4 is 23.5 Å². The Bertz CT molecular complexity index is 914. The second kappa shape index (κ2) is 7.46. The van der Waals surface area contributed by atoms with Crippen molar-refractivity contribution in [3.05, 3.63) is 54.1 Å². The Hall–Kier alpha value is -3.15. The first kappa shape index (κ1) is 18.2. The number of methoxy groups -OCH3 is 1. The summed E-state index contributed by atoms with van der Waals surface area (Å²) >= 11 is 0. The van der Waals surface area contributed by atoms with Gasteiger partial charge in [-0.2, -0.15) is 0 Å². The monoisotopic (exact) mass is 379 g/mol. The van der Waals surface area contributed by atoms with Gasteiger partial charge < -0.3 is 9.47 Å². The normalized spacial score (nSPS) is 21.4. The van der Waals surface area contributed by atoms with E-state index in [4.69, 9.17) is 9.47 Å². The molecule has 0 N–H and O–H groups in total. The molecule has 2 amide bonds. The minimum Gasteiger partial charge on any atom is -0.496 e. The molecule has 2 aromatic rings. The van der Waals surface area contributed by atoms with Gasteiger partial charge in [0.05, 0.1) is 24.6 Å². The maximum Gasteiger partial charge on any atom is 0.347 e. The van der Waals surface area contributed by atoms with Gasteiger partial charge in [0.15, 0.2) is 0 Å². The first-order valence-corrected chi connectivity index (χ1v) is 9.43. The van der Waals surface area contributed by atoms with Gasteiger partial charge in [-0.15, -0.1) is 0 Å². The summed E-state index contributed by atoms with van der Waals surface area (Å²) in [5, 5.41) is 0. The minimum absolute atomic E-state index is 0.150. The summed E-state index contributed by atoms with van der Waals surface area (Å²) in [6.45, 7) is 0. The lowest BCUT2D eigenvalue weighted by Crippen LogP contribution is -2.30. The Balaban J connectivity index is 1.57. The number of anilines is 1. The molecule has 6 nitrogen and oxygen atoms in total. The Kier molecular flexibility index (Phi) is 4.86. The highest BCUT2D eigenvalue weighted by Crippen LogP contribution is 2.40. The van der Waals surface area contributed by atoms with E-state index in [0.29, 0.717) is 17.0 Å². The molecule has 0 unspecified atom stereocenters. The lowest BCUT2D eigenvalue weighted by atomic mass is 9.81. The summed E-state index contributed by atoms with van der Waals surface area (Å²) in [7, 11) is 1.48. The van der Waals surface area contributed by atoms with Crippen LogP contribution in [0, 0.1) is 11.8 Å². The predicted octanol–water partition coefficient (Wildman–Crippen LogP) is 3.59. The van der Waals surface area contributed by atoms with Crippen LogP contribution in [0.1, 0.15) is 36.0 Å². The van der Waals surface area contributed by atoms with E-state index in [2.05, 4.69) is 0 Å². The predicted molar refractivity (Wildman–Crippen MR) is 102 cm³/mol. The van der Waals surface area contributed by atoms with E-state index in [1.165, 1.54) is 12.0 Å². The molecule has 0 aromatic heterocycles. The van der Waals surface area contributed by atoms with Crippen LogP contribution in [0.15, 0.2) is 48.5 Å². The van der Waals surface area contributed by atoms with Gasteiger partial charge in [0, 0.05) is 6.07 Å². The molecule has 2 aromatic carbocycles. The average molecular weight is 379 g/mol. The number of hydrogen-bond donors (Lipinski definition) is 0. The summed E-state index contributed by atoms with van der Waals surface area (Å²) in [5.74, 6) is -0.628. The highest BCUT2D eigenvalue weighted by molar-refractivity contribution is 6.22. The van der Waals surface area contributed by atoms with Crippen molar-refractivity contribution in [3.63, 3.8) is 0 Å². The third-order valence-electron chi connectivity index (χ3n) is 5.45. The van der Waals surface area contributed by atoms with Crippen LogP contribution in [0.3, 0.4) is 0 Å². The van der Waals surface area contributed by atoms with Gasteiger partial charge in [-0.1, -0.05) is 31.0 Å². The second-order valence-electron chi connectivity index (χ2n) is 7.10. The Morgan fingerprint density at radius 1 is 0.964 bits per heavy atom. The molecule has 0 radical (unpaired) electrons. The Labute approximate surface area is 163 Å². The summed E-state index contributed by atoms with van der Waals surface area (Å²) in [5.41, 5.74) is 0.740. The maximum atomic E-state index is 12.8. The van der Waals surface area contributed by atoms with Crippen molar-refractivity contribution < 1.29 is 23.9 Å². The molecular weight excluding hydrogens is 358 g/mol. The molecule has 1 saturated carbocycles. The van der Waals surface area contributed by atoms with Crippen LogP contribution >= 0.6 is 0 Å². The fourth-order valence-electron chi connectivity index (χ4n) is 4.08. The topological polar surface area (TPSA) is 72.9 Å². The fraction of sp³-hybridized carbons (Fsp3) is 0.318. The van der Waals surface area contributed by atoms with Crippen LogP contribution in [0.2, 0.25) is 0 Å². The average Bonchev–Trinajstić information content (AvgIpc) is 2.99. The van der Waals surface area contributed by atoms with E-state index in [0.717, 1.165) is 25.7 Å². The number of esters is 1. The van der Waals surface area contributed by atoms with E-state index in [-0.39, 0.29) is 29.4 Å². The number of amides is 2. The van der Waals surface area contributed by atoms with Gasteiger partial charge in [-0.3, -0.25) is 9.59 Å². The Morgan fingerprint density at radius 2 is 1.64 bits per heavy atom. The van der Waals surface area contributed by atoms with Crippen molar-refractivity contribution in [2.75, 3.05) is 12.0 Å². The van der Waals surface area contributed by atoms with Crippen LogP contribution in [0.5, 0.6) is 11.5 Å². The molecule has 4 rings (SSSR count). The number of ether oxygens (including phenoxy) is 2. The fourth-order valence-corrected chi connectivity index (χ4v) is 4.08. The molecule has 1 aliphatic heterocycles. The number of imide groups is 1. The van der Waals surface area contributed by atoms with Crippen LogP contribution in [-0.2, 0) is 9.59 Å². The van der Waals surface area contributed by atoms with E-state index < -0.39 is 5.97 Å². The van der Waals surface area contributed by atoms with Gasteiger partial charge in [0.2, 0.25) is 11.8 Å². The molecule has 0 bridgehead atoms. The number of para-hydroxylation sites is 1. The van der Waals surface area contributed by atoms with E-state index >= 15 is 0 Å². The van der Waals surface area contributed by atoms with Crippen LogP contribution in [0.25, 0.3) is 0 Å². The van der Waals surface area contributed by atoms with Crippen molar-refractivity contribution in [3.8, 4) is 11.5 Å². The minimum atomic E-state index is -0.567. The quantitative estimate of drug-likeness (QED) is 0.461. The second-order valence-corrected chi connectivity index (χ2v) is 7.10. The number of nitrogens with zero attached hydrogens (tertiary/aromatic N) is 1. The van der Waals surface area contributed by atoms with Crippen LogP contribution in [-0.4, -0.2) is 24.9 Å². The number of rotatable bonds is 4. The van der Waals surface area contributed by atoms with E-state index in [9.17, 15) is 14.4 Å². The Morgan fingerprint density at radius 3 is 2.32 bits per heavy atom. The van der Waals surface area contributed by atoms with Gasteiger partial charge in [-0.25, -0.2) is 9.69 Å². The summed E-state index contributed by atoms with van der Waals surface area (Å²) in [4.78, 5) is 39.3. The zero-order valence-corrected chi connectivity index (χ0v) is 15.6. The van der Waals surface area contributed by atoms with Gasteiger partial charge in [0.1, 0.15) is 17.1 Å². The first-order valence-electron chi connectivity index (χ1n) is 9.43. The maximum absolute atomic E-state index is 12.8. The molecule has 0 spiro atoms. The molecule has 2 fully saturated rings. The molecule has 2 aliphatic rings. The van der Waals surface area contributed by atoms with E-state index in [1.807, 2.05) is 0 Å². The van der Waals surface area contributed by atoms with E-state index in [1.54, 1.807) is 48.5 Å². The molecule has 1 saturated heterocycles. The molecule has 28 heavy (non-hydrogen) atoms. The number of benzene rings is 2. The molecular formula is C22H21NO5. The van der Waals surface area contributed by atoms with Gasteiger partial charge >= 0.3 is 5.97 Å². The SMILES string of the molecule is COc1ccccc1C(=O)Oc1cccc(N2C(=O)[C@H]3CCCC[C@@H]3C2=O)c1. The van der Waals surface area contributed by atoms with Crippen molar-refractivity contribution in [2.24, 2.45) is 11.8 Å². The number of carbonyl (C=O) groups excluding carboxylic acids is 3. The van der Waals surface area contributed by atoms with Crippen molar-refractivity contribution in [1.29, 1.82) is 0 Å². The molecule has 1 heterocycles. The lowest BCUT2D eigenvalue weighted by molar-refractivity contribution is -0.122. The summed E-state index contributed by atoms with van der Waals surface area (Å²) in [6, 6.07) is 13.3. The smallest absolute Gasteiger partial charge is 0.347 e. The molecule has 6 heteroatoms. The zero-order chi connectivity index (χ0) is 19.7. The standard InChI is InChI=1S/C22H21NO5/c1-27-19-12-5-4-11-18(19)22(26)28-15-8-6-7-14(13-15)23-20(24)16-9-2-3-10-17(16)21(23)25/h4-8,11-13,16-17H,2-3,9-10H2,1H3/t16-,17-/m0/s1.